The van der Waals surface area contributed by atoms with Crippen molar-refractivity contribution >= 4 is 74.5 Å². The normalized spacial score (nSPS) is 14.7. The highest BCUT2D eigenvalue weighted by molar-refractivity contribution is 14.1. The van der Waals surface area contributed by atoms with Gasteiger partial charge in [0.05, 0.1) is 15.6 Å². The van der Waals surface area contributed by atoms with Gasteiger partial charge in [-0.1, -0.05) is 42.2 Å². The molecule has 1 aliphatic rings. The molecule has 2 aromatic rings. The maximum atomic E-state index is 12.1. The highest BCUT2D eigenvalue weighted by Gasteiger charge is 2.22. The number of anilines is 1. The van der Waals surface area contributed by atoms with E-state index in [-0.39, 0.29) is 18.4 Å². The van der Waals surface area contributed by atoms with E-state index in [1.807, 2.05) is 24.3 Å². The van der Waals surface area contributed by atoms with Gasteiger partial charge in [0.1, 0.15) is 4.32 Å². The van der Waals surface area contributed by atoms with E-state index in [4.69, 9.17) is 21.7 Å². The van der Waals surface area contributed by atoms with Crippen LogP contribution in [0.4, 0.5) is 5.69 Å². The Hall–Kier alpha value is -2.11. The first-order valence-electron chi connectivity index (χ1n) is 8.06. The summed E-state index contributed by atoms with van der Waals surface area (Å²) in [7, 11) is 1.52. The van der Waals surface area contributed by atoms with E-state index >= 15 is 0 Å². The van der Waals surface area contributed by atoms with Gasteiger partial charge in [-0.05, 0) is 58.5 Å². The molecular formula is C19H15IN2O4S2. The monoisotopic (exact) mass is 526 g/mol. The van der Waals surface area contributed by atoms with Crippen LogP contribution in [0.1, 0.15) is 5.56 Å². The first-order valence-corrected chi connectivity index (χ1v) is 10.4. The number of thioether (sulfide) groups is 1. The lowest BCUT2D eigenvalue weighted by molar-refractivity contribution is -0.118. The van der Waals surface area contributed by atoms with Gasteiger partial charge in [0.2, 0.25) is 0 Å². The number of nitrogens with one attached hydrogen (secondary N) is 2. The smallest absolute Gasteiger partial charge is 0.263 e. The summed E-state index contributed by atoms with van der Waals surface area (Å²) in [6.45, 7) is -0.159. The van der Waals surface area contributed by atoms with Gasteiger partial charge in [-0.25, -0.2) is 0 Å². The van der Waals surface area contributed by atoms with Gasteiger partial charge in [0.15, 0.2) is 18.1 Å². The lowest BCUT2D eigenvalue weighted by Gasteiger charge is -2.14. The second kappa shape index (κ2) is 9.39. The number of benzene rings is 2. The highest BCUT2D eigenvalue weighted by Crippen LogP contribution is 2.36. The van der Waals surface area contributed by atoms with Gasteiger partial charge >= 0.3 is 0 Å². The van der Waals surface area contributed by atoms with E-state index in [2.05, 4.69) is 33.2 Å². The molecule has 0 atom stereocenters. The summed E-state index contributed by atoms with van der Waals surface area (Å²) in [6, 6.07) is 12.7. The van der Waals surface area contributed by atoms with Crippen LogP contribution in [-0.4, -0.2) is 29.9 Å². The molecule has 1 heterocycles. The lowest BCUT2D eigenvalue weighted by atomic mass is 10.2. The minimum absolute atomic E-state index is 0.159. The first kappa shape index (κ1) is 20.6. The largest absolute Gasteiger partial charge is 0.493 e. The maximum absolute atomic E-state index is 12.1. The Bertz CT molecular complexity index is 964. The van der Waals surface area contributed by atoms with Crippen molar-refractivity contribution in [3.8, 4) is 11.5 Å². The molecule has 0 radical (unpaired) electrons. The molecule has 3 rings (SSSR count). The Kier molecular flexibility index (Phi) is 6.92. The number of rotatable bonds is 6. The van der Waals surface area contributed by atoms with Crippen molar-refractivity contribution in [3.05, 3.63) is 56.5 Å². The van der Waals surface area contributed by atoms with Gasteiger partial charge in [-0.15, -0.1) is 0 Å². The first-order chi connectivity index (χ1) is 13.5. The van der Waals surface area contributed by atoms with Crippen molar-refractivity contribution in [2.45, 2.75) is 0 Å². The molecule has 0 unspecified atom stereocenters. The molecule has 2 aromatic carbocycles. The molecule has 1 fully saturated rings. The van der Waals surface area contributed by atoms with Crippen molar-refractivity contribution in [2.24, 2.45) is 0 Å². The molecule has 0 aliphatic carbocycles. The molecule has 144 valence electrons. The predicted molar refractivity (Wildman–Crippen MR) is 123 cm³/mol. The zero-order valence-electron chi connectivity index (χ0n) is 14.7. The van der Waals surface area contributed by atoms with Crippen molar-refractivity contribution < 1.29 is 19.1 Å². The molecule has 2 amide bonds. The maximum Gasteiger partial charge on any atom is 0.263 e. The fraction of sp³-hybridized carbons (Fsp3) is 0.105. The summed E-state index contributed by atoms with van der Waals surface area (Å²) < 4.78 is 12.3. The minimum Gasteiger partial charge on any atom is -0.493 e. The van der Waals surface area contributed by atoms with E-state index in [9.17, 15) is 9.59 Å². The fourth-order valence-electron chi connectivity index (χ4n) is 2.39. The number of methoxy groups -OCH3 is 1. The van der Waals surface area contributed by atoms with Gasteiger partial charge < -0.3 is 20.1 Å². The fourth-order valence-corrected chi connectivity index (χ4v) is 4.22. The van der Waals surface area contributed by atoms with Gasteiger partial charge in [0.25, 0.3) is 11.8 Å². The summed E-state index contributed by atoms with van der Waals surface area (Å²) in [5.74, 6) is 0.439. The van der Waals surface area contributed by atoms with Crippen LogP contribution in [0.25, 0.3) is 6.08 Å². The summed E-state index contributed by atoms with van der Waals surface area (Å²) in [5, 5.41) is 5.34. The Morgan fingerprint density at radius 1 is 1.32 bits per heavy atom. The van der Waals surface area contributed by atoms with Crippen molar-refractivity contribution in [1.29, 1.82) is 0 Å². The van der Waals surface area contributed by atoms with Crippen molar-refractivity contribution in [1.82, 2.24) is 5.32 Å². The molecule has 0 saturated carbocycles. The van der Waals surface area contributed by atoms with Gasteiger partial charge in [0, 0.05) is 5.69 Å². The van der Waals surface area contributed by atoms with E-state index in [0.29, 0.717) is 26.4 Å². The Balaban J connectivity index is 1.73. The van der Waals surface area contributed by atoms with Crippen LogP contribution < -0.4 is 20.1 Å². The molecule has 9 heteroatoms. The van der Waals surface area contributed by atoms with E-state index < -0.39 is 0 Å². The molecule has 1 saturated heterocycles. The average Bonchev–Trinajstić information content (AvgIpc) is 2.98. The number of amides is 2. The molecule has 0 bridgehead atoms. The van der Waals surface area contributed by atoms with Crippen LogP contribution in [0.15, 0.2) is 47.4 Å². The van der Waals surface area contributed by atoms with E-state index in [1.165, 1.54) is 18.9 Å². The second-order valence-electron chi connectivity index (χ2n) is 5.59. The number of para-hydroxylation sites is 1. The molecular weight excluding hydrogens is 511 g/mol. The zero-order chi connectivity index (χ0) is 20.1. The molecule has 2 N–H and O–H groups in total. The van der Waals surface area contributed by atoms with Crippen molar-refractivity contribution in [3.63, 3.8) is 0 Å². The minimum atomic E-state index is -0.275. The van der Waals surface area contributed by atoms with Gasteiger partial charge in [-0.2, -0.15) is 0 Å². The number of halogens is 1. The van der Waals surface area contributed by atoms with Gasteiger partial charge in [-0.3, -0.25) is 9.59 Å². The number of carbonyl (C=O) groups excluding carboxylic acids is 2. The second-order valence-corrected chi connectivity index (χ2v) is 8.47. The molecule has 1 aliphatic heterocycles. The average molecular weight is 526 g/mol. The third kappa shape index (κ3) is 5.24. The zero-order valence-corrected chi connectivity index (χ0v) is 18.4. The Morgan fingerprint density at radius 2 is 2.07 bits per heavy atom. The van der Waals surface area contributed by atoms with Crippen LogP contribution >= 0.6 is 46.6 Å². The molecule has 0 aromatic heterocycles. The standard InChI is InChI=1S/C19H15IN2O4S2/c1-25-14-8-11(9-15-18(24)22-19(27)28-15)7-13(20)17(14)26-10-16(23)21-12-5-3-2-4-6-12/h2-9H,10H2,1H3,(H,21,23)(H,22,24,27)/b15-9-. The summed E-state index contributed by atoms with van der Waals surface area (Å²) in [4.78, 5) is 24.5. The van der Waals surface area contributed by atoms with Crippen LogP contribution in [0.3, 0.4) is 0 Å². The number of ether oxygens (including phenoxy) is 2. The SMILES string of the molecule is COc1cc(/C=C2\SC(=S)NC2=O)cc(I)c1OCC(=O)Nc1ccccc1. The van der Waals surface area contributed by atoms with Crippen LogP contribution in [0.5, 0.6) is 11.5 Å². The predicted octanol–water partition coefficient (Wildman–Crippen LogP) is 3.81. The van der Waals surface area contributed by atoms with E-state index in [1.54, 1.807) is 24.3 Å². The van der Waals surface area contributed by atoms with Crippen LogP contribution in [-0.2, 0) is 9.59 Å². The third-order valence-corrected chi connectivity index (χ3v) is 5.56. The third-order valence-electron chi connectivity index (χ3n) is 3.60. The Morgan fingerprint density at radius 3 is 2.71 bits per heavy atom. The van der Waals surface area contributed by atoms with Crippen molar-refractivity contribution in [2.75, 3.05) is 19.0 Å². The Labute approximate surface area is 185 Å². The molecule has 6 nitrogen and oxygen atoms in total. The summed E-state index contributed by atoms with van der Waals surface area (Å²) in [6.07, 6.45) is 1.73. The number of hydrogen-bond donors (Lipinski definition) is 2. The quantitative estimate of drug-likeness (QED) is 0.339. The number of thiocarbonyl (C=S) groups is 1. The van der Waals surface area contributed by atoms with Crippen LogP contribution in [0.2, 0.25) is 0 Å². The summed E-state index contributed by atoms with van der Waals surface area (Å²) >= 11 is 8.31. The topological polar surface area (TPSA) is 76.7 Å². The molecule has 0 spiro atoms. The lowest BCUT2D eigenvalue weighted by Crippen LogP contribution is -2.20. The molecule has 28 heavy (non-hydrogen) atoms. The van der Waals surface area contributed by atoms with E-state index in [0.717, 1.165) is 9.13 Å². The highest BCUT2D eigenvalue weighted by atomic mass is 127. The van der Waals surface area contributed by atoms with Crippen LogP contribution in [0, 0.1) is 3.57 Å². The number of hydrogen-bond acceptors (Lipinski definition) is 6. The number of carbonyl (C=O) groups is 2. The summed E-state index contributed by atoms with van der Waals surface area (Å²) in [5.41, 5.74) is 1.47.